The number of carbonyl (C=O) groups excluding carboxylic acids is 1. The molecule has 1 amide bonds. The zero-order valence-electron chi connectivity index (χ0n) is 26.3. The Morgan fingerprint density at radius 3 is 2.52 bits per heavy atom. The predicted octanol–water partition coefficient (Wildman–Crippen LogP) is 3.47. The number of nitrogens with one attached hydrogen (secondary N) is 2. The maximum atomic E-state index is 15.2. The third kappa shape index (κ3) is 4.90. The van der Waals surface area contributed by atoms with Crippen molar-refractivity contribution in [3.05, 3.63) is 33.9 Å². The summed E-state index contributed by atoms with van der Waals surface area (Å²) < 4.78 is 28.2. The molecule has 1 aromatic heterocycles. The van der Waals surface area contributed by atoms with Crippen molar-refractivity contribution in [3.63, 3.8) is 0 Å². The van der Waals surface area contributed by atoms with Crippen LogP contribution in [-0.4, -0.2) is 71.2 Å². The molecule has 240 valence electrons. The Balaban J connectivity index is 0.000000182. The normalized spacial score (nSPS) is 33.2. The number of ether oxygens (including phenoxy) is 2. The molecule has 2 aromatic rings. The van der Waals surface area contributed by atoms with Crippen molar-refractivity contribution in [2.24, 2.45) is 29.4 Å². The van der Waals surface area contributed by atoms with Gasteiger partial charge in [-0.1, -0.05) is 13.8 Å². The summed E-state index contributed by atoms with van der Waals surface area (Å²) in [5.41, 5.74) is 5.42. The summed E-state index contributed by atoms with van der Waals surface area (Å²) in [5, 5.41) is 15.8. The summed E-state index contributed by atoms with van der Waals surface area (Å²) in [6, 6.07) is 0.968. The van der Waals surface area contributed by atoms with Gasteiger partial charge in [0, 0.05) is 37.9 Å². The summed E-state index contributed by atoms with van der Waals surface area (Å²) in [5.74, 6) is 0.460. The van der Waals surface area contributed by atoms with E-state index in [2.05, 4.69) is 24.5 Å². The van der Waals surface area contributed by atoms with E-state index in [1.54, 1.807) is 4.57 Å². The van der Waals surface area contributed by atoms with Crippen LogP contribution in [0, 0.1) is 29.5 Å². The number of rotatable bonds is 3. The number of aromatic nitrogens is 1. The van der Waals surface area contributed by atoms with E-state index >= 15 is 4.39 Å². The standard InChI is InChI=1S/C20H22FN3O4.C12H22N2O2/c1-9-4-20(22)8-23(6-13(9)20)16-14(21)3-11-15-18(16)28-7-10(2)24(15)5-12(17(11)25)19(26)27;1-8-5-12(7-13-6-9(8)12)14-10(15)16-11(2,3)4/h3,5,9-10,13H,4,6-8,22H2,1-2H3,(H,26,27);8-9,13H,5-7H2,1-4H3,(H,14,15)/t9-,10-,13-,20+;8-,9-,12+/m00/s1. The molecule has 0 radical (unpaired) electrons. The van der Waals surface area contributed by atoms with Gasteiger partial charge in [-0.15, -0.1) is 0 Å². The number of pyridine rings is 1. The summed E-state index contributed by atoms with van der Waals surface area (Å²) in [4.78, 5) is 37.8. The Labute approximate surface area is 256 Å². The molecule has 4 fully saturated rings. The molecule has 2 aliphatic carbocycles. The van der Waals surface area contributed by atoms with Gasteiger partial charge in [0.25, 0.3) is 0 Å². The van der Waals surface area contributed by atoms with E-state index in [1.807, 2.05) is 32.6 Å². The first-order valence-corrected chi connectivity index (χ1v) is 15.6. The highest BCUT2D eigenvalue weighted by molar-refractivity contribution is 5.97. The van der Waals surface area contributed by atoms with E-state index in [0.29, 0.717) is 53.7 Å². The molecule has 4 heterocycles. The van der Waals surface area contributed by atoms with Gasteiger partial charge < -0.3 is 40.4 Å². The maximum absolute atomic E-state index is 15.2. The summed E-state index contributed by atoms with van der Waals surface area (Å²) in [6.45, 7) is 15.3. The number of anilines is 1. The van der Waals surface area contributed by atoms with Crippen LogP contribution in [0.2, 0.25) is 0 Å². The number of alkyl carbamates (subject to hydrolysis) is 1. The number of amides is 1. The second-order valence-corrected chi connectivity index (χ2v) is 14.8. The number of fused-ring (bicyclic) bond motifs is 2. The molecule has 2 saturated heterocycles. The minimum Gasteiger partial charge on any atom is -0.487 e. The molecule has 1 aromatic carbocycles. The number of aromatic carboxylic acids is 1. The van der Waals surface area contributed by atoms with Crippen molar-refractivity contribution < 1.29 is 28.6 Å². The first-order valence-electron chi connectivity index (χ1n) is 15.6. The SMILES string of the molecule is C[C@H]1C[C@@]2(N)CN(c3c(F)cc4c(=O)c(C(=O)O)cn5c4c3OC[C@@H]5C)C[C@@H]12.C[C@H]1C[C@@]2(NC(=O)OC(C)(C)C)CNC[C@@H]12. The van der Waals surface area contributed by atoms with E-state index < -0.39 is 22.8 Å². The van der Waals surface area contributed by atoms with E-state index in [4.69, 9.17) is 15.2 Å². The Morgan fingerprint density at radius 2 is 1.91 bits per heavy atom. The number of hydrogen-bond donors (Lipinski definition) is 4. The predicted molar refractivity (Wildman–Crippen MR) is 164 cm³/mol. The number of nitrogens with zero attached hydrogens (tertiary/aromatic N) is 2. The number of hydrogen-bond acceptors (Lipinski definition) is 8. The highest BCUT2D eigenvalue weighted by Gasteiger charge is 2.56. The second kappa shape index (κ2) is 10.3. The Kier molecular flexibility index (Phi) is 7.20. The van der Waals surface area contributed by atoms with E-state index in [0.717, 1.165) is 32.0 Å². The fraction of sp³-hybridized carbons (Fsp3) is 0.656. The number of carboxylic acids is 1. The van der Waals surface area contributed by atoms with Gasteiger partial charge in [0.2, 0.25) is 5.43 Å². The van der Waals surface area contributed by atoms with Crippen molar-refractivity contribution in [2.75, 3.05) is 37.7 Å². The fourth-order valence-electron chi connectivity index (χ4n) is 8.33. The molecule has 0 bridgehead atoms. The van der Waals surface area contributed by atoms with Crippen molar-refractivity contribution in [2.45, 2.75) is 77.1 Å². The maximum Gasteiger partial charge on any atom is 0.408 e. The van der Waals surface area contributed by atoms with Crippen LogP contribution in [0.1, 0.15) is 70.8 Å². The summed E-state index contributed by atoms with van der Waals surface area (Å²) in [6.07, 6.45) is 3.02. The summed E-state index contributed by atoms with van der Waals surface area (Å²) >= 11 is 0. The van der Waals surface area contributed by atoms with Crippen LogP contribution in [0.3, 0.4) is 0 Å². The molecule has 0 unspecified atom stereocenters. The molecule has 7 atom stereocenters. The molecule has 3 aliphatic heterocycles. The number of carbonyl (C=O) groups is 2. The average Bonchev–Trinajstić information content (AvgIpc) is 3.38. The van der Waals surface area contributed by atoms with Crippen molar-refractivity contribution >= 4 is 28.7 Å². The topological polar surface area (TPSA) is 148 Å². The lowest BCUT2D eigenvalue weighted by Gasteiger charge is -2.49. The van der Waals surface area contributed by atoms with Crippen molar-refractivity contribution in [1.29, 1.82) is 0 Å². The minimum atomic E-state index is -1.32. The zero-order chi connectivity index (χ0) is 31.9. The molecule has 5 aliphatic rings. The molecule has 44 heavy (non-hydrogen) atoms. The Bertz CT molecular complexity index is 1590. The molecule has 2 saturated carbocycles. The quantitative estimate of drug-likeness (QED) is 0.408. The Hall–Kier alpha value is -3.38. The van der Waals surface area contributed by atoms with Gasteiger partial charge in [0.15, 0.2) is 11.6 Å². The number of benzene rings is 1. The monoisotopic (exact) mass is 613 g/mol. The van der Waals surface area contributed by atoms with Gasteiger partial charge in [0.05, 0.1) is 22.5 Å². The van der Waals surface area contributed by atoms with Crippen LogP contribution in [0.5, 0.6) is 5.75 Å². The molecular weight excluding hydrogens is 569 g/mol. The first kappa shape index (κ1) is 30.6. The van der Waals surface area contributed by atoms with Crippen LogP contribution in [0.4, 0.5) is 14.9 Å². The van der Waals surface area contributed by atoms with Gasteiger partial charge in [-0.05, 0) is 70.3 Å². The second-order valence-electron chi connectivity index (χ2n) is 14.8. The van der Waals surface area contributed by atoms with Gasteiger partial charge >= 0.3 is 12.1 Å². The molecule has 12 heteroatoms. The number of halogens is 1. The van der Waals surface area contributed by atoms with Crippen LogP contribution in [0.25, 0.3) is 10.9 Å². The van der Waals surface area contributed by atoms with E-state index in [-0.39, 0.29) is 40.8 Å². The van der Waals surface area contributed by atoms with Gasteiger partial charge in [-0.2, -0.15) is 0 Å². The van der Waals surface area contributed by atoms with Gasteiger partial charge in [0.1, 0.15) is 23.5 Å². The van der Waals surface area contributed by atoms with Gasteiger partial charge in [-0.25, -0.2) is 14.0 Å². The highest BCUT2D eigenvalue weighted by Crippen LogP contribution is 2.51. The lowest BCUT2D eigenvalue weighted by molar-refractivity contribution is 0.0176. The number of nitrogens with two attached hydrogens (primary N) is 1. The third-order valence-electron chi connectivity index (χ3n) is 10.4. The number of carboxylic acid groups (broad SMARTS) is 1. The smallest absolute Gasteiger partial charge is 0.408 e. The largest absolute Gasteiger partial charge is 0.487 e. The zero-order valence-corrected chi connectivity index (χ0v) is 26.3. The summed E-state index contributed by atoms with van der Waals surface area (Å²) in [7, 11) is 0. The van der Waals surface area contributed by atoms with E-state index in [9.17, 15) is 19.5 Å². The molecule has 5 N–H and O–H groups in total. The molecular formula is C32H44FN5O6. The van der Waals surface area contributed by atoms with Crippen molar-refractivity contribution in [3.8, 4) is 5.75 Å². The molecule has 11 nitrogen and oxygen atoms in total. The van der Waals surface area contributed by atoms with Crippen molar-refractivity contribution in [1.82, 2.24) is 15.2 Å². The minimum absolute atomic E-state index is 0.0284. The van der Waals surface area contributed by atoms with Gasteiger partial charge in [-0.3, -0.25) is 4.79 Å². The first-order chi connectivity index (χ1) is 20.5. The van der Waals surface area contributed by atoms with Crippen LogP contribution in [0.15, 0.2) is 17.1 Å². The van der Waals surface area contributed by atoms with Crippen LogP contribution >= 0.6 is 0 Å². The lowest BCUT2D eigenvalue weighted by atomic mass is 9.62. The van der Waals surface area contributed by atoms with Crippen LogP contribution < -0.4 is 31.4 Å². The molecule has 0 spiro atoms. The Morgan fingerprint density at radius 1 is 1.20 bits per heavy atom. The molecule has 7 rings (SSSR count). The van der Waals surface area contributed by atoms with E-state index in [1.165, 1.54) is 6.20 Å². The highest BCUT2D eigenvalue weighted by atomic mass is 19.1. The fourth-order valence-corrected chi connectivity index (χ4v) is 8.33. The third-order valence-corrected chi connectivity index (χ3v) is 10.4. The van der Waals surface area contributed by atoms with Crippen LogP contribution in [-0.2, 0) is 4.74 Å². The average molecular weight is 614 g/mol. The lowest BCUT2D eigenvalue weighted by Crippen LogP contribution is -2.64.